The van der Waals surface area contributed by atoms with E-state index in [-0.39, 0.29) is 11.9 Å². The molecule has 136 valence electrons. The van der Waals surface area contributed by atoms with Gasteiger partial charge in [-0.05, 0) is 51.4 Å². The number of hydrogen-bond acceptors (Lipinski definition) is 5. The average Bonchev–Trinajstić information content (AvgIpc) is 2.89. The third-order valence-electron chi connectivity index (χ3n) is 5.13. The summed E-state index contributed by atoms with van der Waals surface area (Å²) < 4.78 is 4.97. The maximum Gasteiger partial charge on any atom is 0.305 e. The Balaban J connectivity index is 1.72. The number of carbonyl (C=O) groups excluding carboxylic acids is 2. The van der Waals surface area contributed by atoms with Crippen LogP contribution in [0.3, 0.4) is 0 Å². The molecule has 2 fully saturated rings. The molecular weight excluding hydrogens is 318 g/mol. The molecule has 0 aromatic heterocycles. The summed E-state index contributed by atoms with van der Waals surface area (Å²) in [6, 6.07) is 10.2. The van der Waals surface area contributed by atoms with Crippen molar-refractivity contribution >= 4 is 17.6 Å². The molecule has 2 saturated heterocycles. The van der Waals surface area contributed by atoms with Crippen molar-refractivity contribution in [1.29, 1.82) is 0 Å². The molecule has 1 spiro atoms. The Hall–Kier alpha value is -2.08. The molecule has 1 N–H and O–H groups in total. The lowest BCUT2D eigenvalue weighted by atomic mass is 9.86. The van der Waals surface area contributed by atoms with Crippen LogP contribution in [0.2, 0.25) is 0 Å². The van der Waals surface area contributed by atoms with Gasteiger partial charge in [-0.1, -0.05) is 18.2 Å². The van der Waals surface area contributed by atoms with Gasteiger partial charge in [0.15, 0.2) is 0 Å². The summed E-state index contributed by atoms with van der Waals surface area (Å²) in [5.74, 6) is 0.00681. The molecule has 25 heavy (non-hydrogen) atoms. The van der Waals surface area contributed by atoms with Crippen molar-refractivity contribution in [3.8, 4) is 0 Å². The van der Waals surface area contributed by atoms with Crippen LogP contribution >= 0.6 is 0 Å². The molecule has 2 heterocycles. The topological polar surface area (TPSA) is 61.9 Å². The average molecular weight is 345 g/mol. The first-order valence-corrected chi connectivity index (χ1v) is 9.16. The van der Waals surface area contributed by atoms with E-state index in [2.05, 4.69) is 22.3 Å². The minimum absolute atomic E-state index is 0.189. The summed E-state index contributed by atoms with van der Waals surface area (Å²) >= 11 is 0. The van der Waals surface area contributed by atoms with Gasteiger partial charge in [0.2, 0.25) is 5.91 Å². The van der Waals surface area contributed by atoms with Crippen LogP contribution in [-0.2, 0) is 14.3 Å². The molecule has 0 saturated carbocycles. The Labute approximate surface area is 149 Å². The van der Waals surface area contributed by atoms with E-state index in [4.69, 9.17) is 4.74 Å². The molecule has 0 aliphatic carbocycles. The molecule has 3 rings (SSSR count). The predicted octanol–water partition coefficient (Wildman–Crippen LogP) is 1.76. The lowest BCUT2D eigenvalue weighted by molar-refractivity contribution is -0.143. The second-order valence-electron chi connectivity index (χ2n) is 6.66. The first kappa shape index (κ1) is 17.7. The van der Waals surface area contributed by atoms with Gasteiger partial charge < -0.3 is 19.9 Å². The van der Waals surface area contributed by atoms with Gasteiger partial charge in [-0.2, -0.15) is 0 Å². The van der Waals surface area contributed by atoms with Gasteiger partial charge in [0.25, 0.3) is 0 Å². The third-order valence-corrected chi connectivity index (χ3v) is 5.13. The molecule has 2 aliphatic rings. The quantitative estimate of drug-likeness (QED) is 0.796. The Morgan fingerprint density at radius 3 is 2.64 bits per heavy atom. The Morgan fingerprint density at radius 2 is 1.96 bits per heavy atom. The van der Waals surface area contributed by atoms with Gasteiger partial charge in [0.05, 0.1) is 13.3 Å². The first-order chi connectivity index (χ1) is 12.2. The van der Waals surface area contributed by atoms with Crippen molar-refractivity contribution in [3.05, 3.63) is 30.3 Å². The van der Waals surface area contributed by atoms with Crippen LogP contribution in [-0.4, -0.2) is 55.2 Å². The molecule has 6 heteroatoms. The lowest BCUT2D eigenvalue weighted by Crippen LogP contribution is -2.55. The van der Waals surface area contributed by atoms with E-state index < -0.39 is 5.54 Å². The van der Waals surface area contributed by atoms with E-state index in [9.17, 15) is 9.59 Å². The first-order valence-electron chi connectivity index (χ1n) is 9.16. The number of amides is 1. The van der Waals surface area contributed by atoms with Crippen LogP contribution in [0.15, 0.2) is 30.3 Å². The highest BCUT2D eigenvalue weighted by Gasteiger charge is 2.52. The van der Waals surface area contributed by atoms with Crippen molar-refractivity contribution in [3.63, 3.8) is 0 Å². The fourth-order valence-electron chi connectivity index (χ4n) is 3.86. The number of esters is 1. The second-order valence-corrected chi connectivity index (χ2v) is 6.66. The Kier molecular flexibility index (Phi) is 5.58. The summed E-state index contributed by atoms with van der Waals surface area (Å²) in [6.07, 6.45) is 2.63. The number of rotatable bonds is 6. The molecule has 0 radical (unpaired) electrons. The van der Waals surface area contributed by atoms with E-state index in [1.54, 1.807) is 6.92 Å². The highest BCUT2D eigenvalue weighted by atomic mass is 16.5. The summed E-state index contributed by atoms with van der Waals surface area (Å²) in [5, 5.41) is 3.36. The van der Waals surface area contributed by atoms with Gasteiger partial charge in [-0.15, -0.1) is 0 Å². The zero-order chi connectivity index (χ0) is 17.7. The summed E-state index contributed by atoms with van der Waals surface area (Å²) in [7, 11) is 0. The van der Waals surface area contributed by atoms with Gasteiger partial charge in [-0.3, -0.25) is 9.59 Å². The zero-order valence-corrected chi connectivity index (χ0v) is 14.9. The molecule has 0 atom stereocenters. The van der Waals surface area contributed by atoms with Gasteiger partial charge >= 0.3 is 5.97 Å². The van der Waals surface area contributed by atoms with Crippen LogP contribution in [0.4, 0.5) is 5.69 Å². The van der Waals surface area contributed by atoms with Crippen molar-refractivity contribution in [2.24, 2.45) is 0 Å². The van der Waals surface area contributed by atoms with Gasteiger partial charge in [-0.25, -0.2) is 0 Å². The molecule has 1 aromatic rings. The Bertz CT molecular complexity index is 599. The maximum absolute atomic E-state index is 13.2. The monoisotopic (exact) mass is 345 g/mol. The number of nitrogens with one attached hydrogen (secondary N) is 1. The normalized spacial score (nSPS) is 19.5. The van der Waals surface area contributed by atoms with E-state index in [1.807, 2.05) is 23.1 Å². The molecular formula is C19H27N3O3. The highest BCUT2D eigenvalue weighted by Crippen LogP contribution is 2.38. The maximum atomic E-state index is 13.2. The van der Waals surface area contributed by atoms with Crippen LogP contribution in [0.5, 0.6) is 0 Å². The number of para-hydroxylation sites is 1. The fourth-order valence-corrected chi connectivity index (χ4v) is 3.86. The van der Waals surface area contributed by atoms with Gasteiger partial charge in [0.1, 0.15) is 5.54 Å². The molecule has 1 aromatic carbocycles. The highest BCUT2D eigenvalue weighted by molar-refractivity contribution is 5.93. The molecule has 1 amide bonds. The third kappa shape index (κ3) is 3.63. The number of piperidine rings is 1. The standard InChI is InChI=1S/C19H27N3O3/c1-2-25-17(23)9-6-14-21-15-22(16-7-4-3-5-8-16)19(18(21)24)10-12-20-13-11-19/h3-5,7-8,20H,2,6,9-15H2,1H3. The number of hydrogen-bond donors (Lipinski definition) is 1. The summed E-state index contributed by atoms with van der Waals surface area (Å²) in [6.45, 7) is 5.10. The summed E-state index contributed by atoms with van der Waals surface area (Å²) in [4.78, 5) is 28.9. The van der Waals surface area contributed by atoms with Crippen molar-refractivity contribution in [1.82, 2.24) is 10.2 Å². The number of ether oxygens (including phenoxy) is 1. The SMILES string of the molecule is CCOC(=O)CCCN1CN(c2ccccc2)C2(CCNCC2)C1=O. The molecule has 6 nitrogen and oxygen atoms in total. The second kappa shape index (κ2) is 7.87. The van der Waals surface area contributed by atoms with E-state index >= 15 is 0 Å². The van der Waals surface area contributed by atoms with Gasteiger partial charge in [0, 0.05) is 18.7 Å². The van der Waals surface area contributed by atoms with E-state index in [1.165, 1.54) is 0 Å². The van der Waals surface area contributed by atoms with Crippen molar-refractivity contribution in [2.75, 3.05) is 37.8 Å². The minimum atomic E-state index is -0.448. The molecule has 0 unspecified atom stereocenters. The van der Waals surface area contributed by atoms with Crippen molar-refractivity contribution < 1.29 is 14.3 Å². The minimum Gasteiger partial charge on any atom is -0.466 e. The van der Waals surface area contributed by atoms with Crippen LogP contribution < -0.4 is 10.2 Å². The molecule has 0 bridgehead atoms. The largest absolute Gasteiger partial charge is 0.466 e. The van der Waals surface area contributed by atoms with E-state index in [0.29, 0.717) is 32.7 Å². The lowest BCUT2D eigenvalue weighted by Gasteiger charge is -2.40. The van der Waals surface area contributed by atoms with Crippen molar-refractivity contribution in [2.45, 2.75) is 38.1 Å². The summed E-state index contributed by atoms with van der Waals surface area (Å²) in [5.41, 5.74) is 0.641. The fraction of sp³-hybridized carbons (Fsp3) is 0.579. The Morgan fingerprint density at radius 1 is 1.24 bits per heavy atom. The number of anilines is 1. The number of benzene rings is 1. The van der Waals surface area contributed by atoms with Crippen LogP contribution in [0, 0.1) is 0 Å². The molecule has 2 aliphatic heterocycles. The predicted molar refractivity (Wildman–Crippen MR) is 96.2 cm³/mol. The number of nitrogens with zero attached hydrogens (tertiary/aromatic N) is 2. The van der Waals surface area contributed by atoms with Crippen LogP contribution in [0.25, 0.3) is 0 Å². The van der Waals surface area contributed by atoms with E-state index in [0.717, 1.165) is 31.6 Å². The number of carbonyl (C=O) groups is 2. The smallest absolute Gasteiger partial charge is 0.305 e. The van der Waals surface area contributed by atoms with Crippen LogP contribution in [0.1, 0.15) is 32.6 Å². The zero-order valence-electron chi connectivity index (χ0n) is 14.9.